The third kappa shape index (κ3) is 5.96. The van der Waals surface area contributed by atoms with Crippen LogP contribution in [0.15, 0.2) is 28.8 Å². The average molecular weight is 432 g/mol. The van der Waals surface area contributed by atoms with E-state index in [1.54, 1.807) is 19.1 Å². The van der Waals surface area contributed by atoms with Gasteiger partial charge in [0, 0.05) is 43.0 Å². The van der Waals surface area contributed by atoms with Crippen LogP contribution in [0.1, 0.15) is 31.4 Å². The normalized spacial score (nSPS) is 21.4. The topological polar surface area (TPSA) is 81.4 Å². The van der Waals surface area contributed by atoms with Crippen molar-refractivity contribution in [3.8, 4) is 17.0 Å². The van der Waals surface area contributed by atoms with Crippen LogP contribution < -0.4 is 9.46 Å². The highest BCUT2D eigenvalue weighted by atomic mass is 32.2. The second-order valence-electron chi connectivity index (χ2n) is 7.35. The number of hydrogen-bond donors (Lipinski definition) is 2. The summed E-state index contributed by atoms with van der Waals surface area (Å²) in [5.74, 6) is -3.09. The van der Waals surface area contributed by atoms with Crippen molar-refractivity contribution in [1.29, 1.82) is 0 Å². The molecule has 1 aromatic carbocycles. The molecule has 1 heterocycles. The smallest absolute Gasteiger partial charge is 0.248 e. The summed E-state index contributed by atoms with van der Waals surface area (Å²) in [4.78, 5) is 0. The largest absolute Gasteiger partial charge is 0.493 e. The number of thiol groups is 1. The molecule has 0 spiro atoms. The molecular weight excluding hydrogens is 409 g/mol. The van der Waals surface area contributed by atoms with Crippen molar-refractivity contribution >= 4 is 10.9 Å². The quantitative estimate of drug-likeness (QED) is 0.622. The molecule has 6 nitrogen and oxygen atoms in total. The molecule has 1 aliphatic rings. The minimum Gasteiger partial charge on any atom is -0.493 e. The number of nitrogens with one attached hydrogen (secondary N) is 1. The molecule has 2 aromatic rings. The number of ether oxygens (including phenoxy) is 1. The number of benzene rings is 1. The molecular formula is C19H23F3N2O4S. The fourth-order valence-electron chi connectivity index (χ4n) is 3.69. The molecule has 1 aromatic heterocycles. The Morgan fingerprint density at radius 2 is 2.10 bits per heavy atom. The van der Waals surface area contributed by atoms with E-state index in [0.29, 0.717) is 17.9 Å². The first-order chi connectivity index (χ1) is 13.7. The lowest BCUT2D eigenvalue weighted by atomic mass is 9.76. The molecule has 0 unspecified atom stereocenters. The van der Waals surface area contributed by atoms with Gasteiger partial charge in [-0.1, -0.05) is 5.16 Å². The van der Waals surface area contributed by atoms with Gasteiger partial charge in [-0.25, -0.2) is 26.3 Å². The van der Waals surface area contributed by atoms with Gasteiger partial charge in [0.2, 0.25) is 16.8 Å². The zero-order valence-corrected chi connectivity index (χ0v) is 16.8. The first-order valence-corrected chi connectivity index (χ1v) is 10.5. The maximum atomic E-state index is 14.4. The van der Waals surface area contributed by atoms with E-state index in [2.05, 4.69) is 9.88 Å². The summed E-state index contributed by atoms with van der Waals surface area (Å²) in [5, 5.41) is 3.77. The van der Waals surface area contributed by atoms with Crippen LogP contribution in [0.25, 0.3) is 11.3 Å². The van der Waals surface area contributed by atoms with Crippen LogP contribution in [0.4, 0.5) is 13.2 Å². The lowest BCUT2D eigenvalue weighted by molar-refractivity contribution is -0.0776. The molecule has 0 bridgehead atoms. The molecule has 10 heteroatoms. The van der Waals surface area contributed by atoms with Crippen LogP contribution in [-0.4, -0.2) is 32.6 Å². The van der Waals surface area contributed by atoms with Crippen molar-refractivity contribution in [3.63, 3.8) is 0 Å². The van der Waals surface area contributed by atoms with Crippen molar-refractivity contribution in [1.82, 2.24) is 9.88 Å². The van der Waals surface area contributed by atoms with Crippen molar-refractivity contribution < 1.29 is 30.8 Å². The number of alkyl halides is 2. The summed E-state index contributed by atoms with van der Waals surface area (Å²) in [6.07, 6.45) is 0.182. The van der Waals surface area contributed by atoms with Crippen LogP contribution in [0.3, 0.4) is 0 Å². The van der Waals surface area contributed by atoms with E-state index in [-0.39, 0.29) is 49.6 Å². The number of halogens is 3. The maximum Gasteiger partial charge on any atom is 0.248 e. The molecule has 160 valence electrons. The predicted octanol–water partition coefficient (Wildman–Crippen LogP) is 3.73. The van der Waals surface area contributed by atoms with E-state index in [4.69, 9.17) is 9.26 Å². The van der Waals surface area contributed by atoms with E-state index in [0.717, 1.165) is 0 Å². The fraction of sp³-hybridized carbons (Fsp3) is 0.526. The first kappa shape index (κ1) is 21.6. The molecule has 3 rings (SSSR count). The third-order valence-corrected chi connectivity index (χ3v) is 5.65. The number of aryl methyl sites for hydroxylation is 1. The second kappa shape index (κ2) is 9.17. The SMILES string of the molecule is Cc1cc(-c2ccc(OC[C@@H]3CC(F)(F)CC[C@H]3CCN[SH](=O)=O)cc2F)no1. The summed E-state index contributed by atoms with van der Waals surface area (Å²) in [6.45, 7) is 1.91. The van der Waals surface area contributed by atoms with Gasteiger partial charge in [-0.15, -0.1) is 0 Å². The number of rotatable bonds is 8. The number of hydrogen-bond acceptors (Lipinski definition) is 5. The highest BCUT2D eigenvalue weighted by Crippen LogP contribution is 2.41. The summed E-state index contributed by atoms with van der Waals surface area (Å²) < 4.78 is 76.3. The Bertz CT molecular complexity index is 909. The van der Waals surface area contributed by atoms with Crippen LogP contribution in [0.5, 0.6) is 5.75 Å². The van der Waals surface area contributed by atoms with Crippen molar-refractivity contribution in [2.24, 2.45) is 11.8 Å². The molecule has 29 heavy (non-hydrogen) atoms. The molecule has 1 saturated carbocycles. The Labute approximate surface area is 168 Å². The lowest BCUT2D eigenvalue weighted by Gasteiger charge is -2.36. The van der Waals surface area contributed by atoms with E-state index >= 15 is 0 Å². The molecule has 1 fully saturated rings. The summed E-state index contributed by atoms with van der Waals surface area (Å²) in [7, 11) is -2.71. The molecule has 1 aliphatic carbocycles. The molecule has 0 aliphatic heterocycles. The van der Waals surface area contributed by atoms with Gasteiger partial charge in [-0.3, -0.25) is 0 Å². The Morgan fingerprint density at radius 1 is 1.31 bits per heavy atom. The standard InChI is InChI=1S/C19H23F3N2O4S/c1-12-8-18(24-28-12)16-3-2-15(9-17(16)20)27-11-14-10-19(21,22)6-4-13(14)5-7-23-29(25)26/h2-3,8-9,13-14,29H,4-7,10-11H2,1H3,(H,23,25,26)/t13-,14-/m0/s1. The van der Waals surface area contributed by atoms with Crippen molar-refractivity contribution in [3.05, 3.63) is 35.8 Å². The second-order valence-corrected chi connectivity index (χ2v) is 8.18. The molecule has 2 atom stereocenters. The summed E-state index contributed by atoms with van der Waals surface area (Å²) >= 11 is 0. The van der Waals surface area contributed by atoms with Crippen LogP contribution in [0.2, 0.25) is 0 Å². The van der Waals surface area contributed by atoms with Gasteiger partial charge in [-0.05, 0) is 37.8 Å². The van der Waals surface area contributed by atoms with E-state index in [1.807, 2.05) is 0 Å². The van der Waals surface area contributed by atoms with Crippen molar-refractivity contribution in [2.45, 2.75) is 38.5 Å². The zero-order chi connectivity index (χ0) is 21.0. The minimum absolute atomic E-state index is 0.00558. The average Bonchev–Trinajstić information content (AvgIpc) is 3.07. The monoisotopic (exact) mass is 432 g/mol. The highest BCUT2D eigenvalue weighted by molar-refractivity contribution is 7.70. The van der Waals surface area contributed by atoms with E-state index < -0.39 is 28.5 Å². The highest BCUT2D eigenvalue weighted by Gasteiger charge is 2.41. The Kier molecular flexibility index (Phi) is 6.84. The molecule has 0 saturated heterocycles. The summed E-state index contributed by atoms with van der Waals surface area (Å²) in [5.41, 5.74) is 0.622. The fourth-order valence-corrected chi connectivity index (χ4v) is 4.00. The number of nitrogens with zero attached hydrogens (tertiary/aromatic N) is 1. The van der Waals surface area contributed by atoms with E-state index in [1.165, 1.54) is 12.1 Å². The van der Waals surface area contributed by atoms with Gasteiger partial charge in [0.1, 0.15) is 23.0 Å². The van der Waals surface area contributed by atoms with Crippen LogP contribution >= 0.6 is 0 Å². The molecule has 0 amide bonds. The van der Waals surface area contributed by atoms with E-state index in [9.17, 15) is 21.6 Å². The van der Waals surface area contributed by atoms with Crippen LogP contribution in [0, 0.1) is 24.6 Å². The summed E-state index contributed by atoms with van der Waals surface area (Å²) in [6, 6.07) is 5.86. The van der Waals surface area contributed by atoms with Crippen molar-refractivity contribution in [2.75, 3.05) is 13.2 Å². The number of aromatic nitrogens is 1. The molecule has 0 radical (unpaired) electrons. The lowest BCUT2D eigenvalue weighted by Crippen LogP contribution is -2.36. The van der Waals surface area contributed by atoms with Gasteiger partial charge < -0.3 is 9.26 Å². The zero-order valence-electron chi connectivity index (χ0n) is 15.9. The third-order valence-electron chi connectivity index (χ3n) is 5.17. The van der Waals surface area contributed by atoms with Gasteiger partial charge in [0.15, 0.2) is 0 Å². The van der Waals surface area contributed by atoms with Crippen LogP contribution in [-0.2, 0) is 10.9 Å². The predicted molar refractivity (Wildman–Crippen MR) is 101 cm³/mol. The first-order valence-electron chi connectivity index (χ1n) is 9.35. The Hall–Kier alpha value is -2.07. The van der Waals surface area contributed by atoms with Gasteiger partial charge in [-0.2, -0.15) is 0 Å². The maximum absolute atomic E-state index is 14.4. The Morgan fingerprint density at radius 3 is 2.76 bits per heavy atom. The van der Waals surface area contributed by atoms with Gasteiger partial charge in [0.05, 0.1) is 6.61 Å². The Balaban J connectivity index is 1.64. The molecule has 1 N–H and O–H groups in total. The van der Waals surface area contributed by atoms with Gasteiger partial charge in [0.25, 0.3) is 0 Å². The minimum atomic E-state index is -2.78. The van der Waals surface area contributed by atoms with Gasteiger partial charge >= 0.3 is 0 Å².